The summed E-state index contributed by atoms with van der Waals surface area (Å²) in [4.78, 5) is 0. The van der Waals surface area contributed by atoms with Crippen molar-refractivity contribution in [3.8, 4) is 5.69 Å². The lowest BCUT2D eigenvalue weighted by atomic mass is 10.2. The van der Waals surface area contributed by atoms with Crippen LogP contribution in [0.2, 0.25) is 0 Å². The molecule has 0 saturated heterocycles. The molecular formula is C11H10F3N3O. The van der Waals surface area contributed by atoms with E-state index < -0.39 is 23.6 Å². The second-order valence-electron chi connectivity index (χ2n) is 3.71. The topological polar surface area (TPSA) is 50.9 Å². The summed E-state index contributed by atoms with van der Waals surface area (Å²) in [5, 5.41) is 16.7. The Hall–Kier alpha value is -1.89. The van der Waals surface area contributed by atoms with E-state index >= 15 is 0 Å². The largest absolute Gasteiger partial charge is 0.387 e. The van der Waals surface area contributed by atoms with Crippen molar-refractivity contribution in [2.75, 3.05) is 0 Å². The quantitative estimate of drug-likeness (QED) is 0.857. The fraction of sp³-hybridized carbons (Fsp3) is 0.273. The first kappa shape index (κ1) is 12.6. The average Bonchev–Trinajstić information content (AvgIpc) is 2.84. The molecule has 0 spiro atoms. The van der Waals surface area contributed by atoms with Crippen LogP contribution in [0.3, 0.4) is 0 Å². The van der Waals surface area contributed by atoms with Gasteiger partial charge in [-0.25, -0.2) is 17.9 Å². The van der Waals surface area contributed by atoms with E-state index in [1.54, 1.807) is 6.92 Å². The molecule has 7 heteroatoms. The third-order valence-corrected chi connectivity index (χ3v) is 2.50. The smallest absolute Gasteiger partial charge is 0.196 e. The van der Waals surface area contributed by atoms with Crippen LogP contribution in [-0.4, -0.2) is 20.1 Å². The van der Waals surface area contributed by atoms with Crippen LogP contribution < -0.4 is 0 Å². The van der Waals surface area contributed by atoms with Crippen molar-refractivity contribution in [1.82, 2.24) is 15.0 Å². The summed E-state index contributed by atoms with van der Waals surface area (Å²) in [5.74, 6) is -4.19. The van der Waals surface area contributed by atoms with Gasteiger partial charge in [0.15, 0.2) is 17.5 Å². The fourth-order valence-corrected chi connectivity index (χ4v) is 1.45. The van der Waals surface area contributed by atoms with Crippen LogP contribution in [-0.2, 0) is 0 Å². The maximum Gasteiger partial charge on any atom is 0.196 e. The minimum atomic E-state index is -1.57. The van der Waals surface area contributed by atoms with E-state index in [1.165, 1.54) is 6.20 Å². The first-order chi connectivity index (χ1) is 8.54. The standard InChI is InChI=1S/C11H10F3N3O/c1-2-9(18)7-5-17(16-15-7)8-4-3-6(12)10(13)11(8)14/h3-5,9,18H,2H2,1H3. The van der Waals surface area contributed by atoms with Crippen molar-refractivity contribution < 1.29 is 18.3 Å². The number of aromatic nitrogens is 3. The van der Waals surface area contributed by atoms with Crippen molar-refractivity contribution >= 4 is 0 Å². The van der Waals surface area contributed by atoms with E-state index in [0.717, 1.165) is 16.8 Å². The molecular weight excluding hydrogens is 247 g/mol. The molecule has 1 heterocycles. The highest BCUT2D eigenvalue weighted by Gasteiger charge is 2.17. The van der Waals surface area contributed by atoms with Crippen molar-refractivity contribution in [1.29, 1.82) is 0 Å². The molecule has 96 valence electrons. The van der Waals surface area contributed by atoms with Crippen molar-refractivity contribution in [2.24, 2.45) is 0 Å². The lowest BCUT2D eigenvalue weighted by molar-refractivity contribution is 0.169. The summed E-state index contributed by atoms with van der Waals surface area (Å²) in [6.07, 6.45) is 0.857. The monoisotopic (exact) mass is 257 g/mol. The molecule has 0 aliphatic carbocycles. The van der Waals surface area contributed by atoms with Gasteiger partial charge in [-0.3, -0.25) is 0 Å². The fourth-order valence-electron chi connectivity index (χ4n) is 1.45. The Morgan fingerprint density at radius 3 is 2.67 bits per heavy atom. The van der Waals surface area contributed by atoms with Crippen LogP contribution in [0.25, 0.3) is 5.69 Å². The molecule has 2 aromatic rings. The number of nitrogens with zero attached hydrogens (tertiary/aromatic N) is 3. The first-order valence-electron chi connectivity index (χ1n) is 5.28. The Morgan fingerprint density at radius 1 is 1.28 bits per heavy atom. The van der Waals surface area contributed by atoms with Gasteiger partial charge in [-0.05, 0) is 18.6 Å². The van der Waals surface area contributed by atoms with Gasteiger partial charge in [0.2, 0.25) is 0 Å². The van der Waals surface area contributed by atoms with Crippen LogP contribution >= 0.6 is 0 Å². The van der Waals surface area contributed by atoms with Gasteiger partial charge >= 0.3 is 0 Å². The number of hydrogen-bond donors (Lipinski definition) is 1. The summed E-state index contributed by atoms with van der Waals surface area (Å²) in [6.45, 7) is 1.74. The predicted octanol–water partition coefficient (Wildman–Crippen LogP) is 2.13. The van der Waals surface area contributed by atoms with Gasteiger partial charge in [0, 0.05) is 0 Å². The highest BCUT2D eigenvalue weighted by Crippen LogP contribution is 2.20. The van der Waals surface area contributed by atoms with Crippen LogP contribution in [0, 0.1) is 17.5 Å². The Labute approximate surface area is 101 Å². The Bertz CT molecular complexity index is 571. The number of benzene rings is 1. The zero-order valence-electron chi connectivity index (χ0n) is 9.44. The van der Waals surface area contributed by atoms with Gasteiger partial charge in [0.1, 0.15) is 11.4 Å². The van der Waals surface area contributed by atoms with Crippen LogP contribution in [0.5, 0.6) is 0 Å². The SMILES string of the molecule is CCC(O)c1cn(-c2ccc(F)c(F)c2F)nn1. The van der Waals surface area contributed by atoms with E-state index in [2.05, 4.69) is 10.3 Å². The van der Waals surface area contributed by atoms with E-state index in [1.807, 2.05) is 0 Å². The number of rotatable bonds is 3. The minimum absolute atomic E-state index is 0.238. The highest BCUT2D eigenvalue weighted by molar-refractivity contribution is 5.33. The number of aliphatic hydroxyl groups is 1. The molecule has 1 aromatic heterocycles. The van der Waals surface area contributed by atoms with Crippen molar-refractivity contribution in [3.05, 3.63) is 41.5 Å². The van der Waals surface area contributed by atoms with Gasteiger partial charge in [-0.15, -0.1) is 5.10 Å². The Morgan fingerprint density at radius 2 is 2.00 bits per heavy atom. The van der Waals surface area contributed by atoms with Gasteiger partial charge in [-0.2, -0.15) is 0 Å². The maximum absolute atomic E-state index is 13.5. The summed E-state index contributed by atoms with van der Waals surface area (Å²) in [6, 6.07) is 1.84. The summed E-state index contributed by atoms with van der Waals surface area (Å²) >= 11 is 0. The van der Waals surface area contributed by atoms with Crippen LogP contribution in [0.4, 0.5) is 13.2 Å². The van der Waals surface area contributed by atoms with Crippen molar-refractivity contribution in [2.45, 2.75) is 19.4 Å². The molecule has 1 N–H and O–H groups in total. The molecule has 4 nitrogen and oxygen atoms in total. The zero-order chi connectivity index (χ0) is 13.3. The molecule has 0 fully saturated rings. The maximum atomic E-state index is 13.5. The molecule has 0 radical (unpaired) electrons. The normalized spacial score (nSPS) is 12.7. The Kier molecular flexibility index (Phi) is 3.33. The number of hydrogen-bond acceptors (Lipinski definition) is 3. The lowest BCUT2D eigenvalue weighted by Gasteiger charge is -2.03. The first-order valence-corrected chi connectivity index (χ1v) is 5.28. The van der Waals surface area contributed by atoms with Gasteiger partial charge in [0.25, 0.3) is 0 Å². The van der Waals surface area contributed by atoms with E-state index in [0.29, 0.717) is 6.42 Å². The second-order valence-corrected chi connectivity index (χ2v) is 3.71. The van der Waals surface area contributed by atoms with E-state index in [-0.39, 0.29) is 11.4 Å². The molecule has 0 bridgehead atoms. The minimum Gasteiger partial charge on any atom is -0.387 e. The third-order valence-electron chi connectivity index (χ3n) is 2.50. The summed E-state index contributed by atoms with van der Waals surface area (Å²) < 4.78 is 40.2. The Balaban J connectivity index is 2.43. The molecule has 1 unspecified atom stereocenters. The highest BCUT2D eigenvalue weighted by atomic mass is 19.2. The van der Waals surface area contributed by atoms with Gasteiger partial charge < -0.3 is 5.11 Å². The van der Waals surface area contributed by atoms with Gasteiger partial charge in [-0.1, -0.05) is 12.1 Å². The van der Waals surface area contributed by atoms with Crippen molar-refractivity contribution in [3.63, 3.8) is 0 Å². The molecule has 0 amide bonds. The molecule has 2 rings (SSSR count). The number of aliphatic hydroxyl groups excluding tert-OH is 1. The third kappa shape index (κ3) is 2.08. The van der Waals surface area contributed by atoms with Crippen LogP contribution in [0.15, 0.2) is 18.3 Å². The lowest BCUT2D eigenvalue weighted by Crippen LogP contribution is -2.02. The average molecular weight is 257 g/mol. The molecule has 1 atom stereocenters. The van der Waals surface area contributed by atoms with Gasteiger partial charge in [0.05, 0.1) is 12.3 Å². The molecule has 0 aliphatic heterocycles. The molecule has 1 aromatic carbocycles. The molecule has 0 aliphatic rings. The predicted molar refractivity (Wildman–Crippen MR) is 56.5 cm³/mol. The number of halogens is 3. The summed E-state index contributed by atoms with van der Waals surface area (Å²) in [5.41, 5.74) is -0.0300. The molecule has 0 saturated carbocycles. The zero-order valence-corrected chi connectivity index (χ0v) is 9.44. The van der Waals surface area contributed by atoms with E-state index in [9.17, 15) is 18.3 Å². The summed E-state index contributed by atoms with van der Waals surface area (Å²) in [7, 11) is 0. The van der Waals surface area contributed by atoms with Crippen LogP contribution in [0.1, 0.15) is 25.1 Å². The molecule has 18 heavy (non-hydrogen) atoms. The van der Waals surface area contributed by atoms with E-state index in [4.69, 9.17) is 0 Å². The second kappa shape index (κ2) is 4.77.